The highest BCUT2D eigenvalue weighted by Gasteiger charge is 2.24. The van der Waals surface area contributed by atoms with Crippen LogP contribution < -0.4 is 10.6 Å². The Kier molecular flexibility index (Phi) is 4.58. The maximum atomic E-state index is 11.6. The highest BCUT2D eigenvalue weighted by molar-refractivity contribution is 5.95. The Labute approximate surface area is 108 Å². The minimum atomic E-state index is -0.341. The van der Waals surface area contributed by atoms with Gasteiger partial charge in [0.2, 0.25) is 5.91 Å². The summed E-state index contributed by atoms with van der Waals surface area (Å²) in [5.74, 6) is 0.545. The lowest BCUT2D eigenvalue weighted by Crippen LogP contribution is -2.46. The summed E-state index contributed by atoms with van der Waals surface area (Å²) in [5.41, 5.74) is 0. The van der Waals surface area contributed by atoms with Gasteiger partial charge in [-0.2, -0.15) is 0 Å². The summed E-state index contributed by atoms with van der Waals surface area (Å²) >= 11 is 0. The molecule has 0 heterocycles. The minimum absolute atomic E-state index is 0.214. The number of urea groups is 1. The van der Waals surface area contributed by atoms with Crippen molar-refractivity contribution in [2.24, 2.45) is 5.92 Å². The molecule has 2 N–H and O–H groups in total. The smallest absolute Gasteiger partial charge is 0.321 e. The fourth-order valence-electron chi connectivity index (χ4n) is 2.51. The Morgan fingerprint density at radius 3 is 2.44 bits per heavy atom. The van der Waals surface area contributed by atoms with E-state index in [-0.39, 0.29) is 18.0 Å². The van der Waals surface area contributed by atoms with Gasteiger partial charge in [0.15, 0.2) is 0 Å². The Hall–Kier alpha value is -1.10. The van der Waals surface area contributed by atoms with Gasteiger partial charge in [0.1, 0.15) is 0 Å². The zero-order valence-electron chi connectivity index (χ0n) is 11.1. The molecule has 2 saturated carbocycles. The van der Waals surface area contributed by atoms with Gasteiger partial charge in [-0.05, 0) is 38.6 Å². The molecule has 18 heavy (non-hydrogen) atoms. The van der Waals surface area contributed by atoms with Gasteiger partial charge >= 0.3 is 6.03 Å². The van der Waals surface area contributed by atoms with Gasteiger partial charge in [-0.1, -0.05) is 12.8 Å². The summed E-state index contributed by atoms with van der Waals surface area (Å²) in [6, 6.07) is -0.0892. The highest BCUT2D eigenvalue weighted by atomic mass is 16.2. The number of imide groups is 1. The number of carbonyl (C=O) groups is 2. The van der Waals surface area contributed by atoms with E-state index in [1.54, 1.807) is 0 Å². The third-order valence-corrected chi connectivity index (χ3v) is 3.62. The fourth-order valence-corrected chi connectivity index (χ4v) is 2.51. The van der Waals surface area contributed by atoms with Crippen LogP contribution in [0.2, 0.25) is 0 Å². The van der Waals surface area contributed by atoms with Crippen LogP contribution in [0, 0.1) is 5.92 Å². The van der Waals surface area contributed by atoms with Gasteiger partial charge in [-0.3, -0.25) is 15.0 Å². The number of nitrogens with one attached hydrogen (secondary N) is 2. The highest BCUT2D eigenvalue weighted by Crippen LogP contribution is 2.29. The molecule has 0 saturated heterocycles. The molecule has 0 spiro atoms. The molecule has 5 nitrogen and oxygen atoms in total. The van der Waals surface area contributed by atoms with Crippen molar-refractivity contribution < 1.29 is 9.59 Å². The van der Waals surface area contributed by atoms with Crippen molar-refractivity contribution in [2.45, 2.75) is 44.6 Å². The van der Waals surface area contributed by atoms with Crippen molar-refractivity contribution in [3.05, 3.63) is 0 Å². The Balaban J connectivity index is 1.61. The molecule has 102 valence electrons. The average molecular weight is 253 g/mol. The summed E-state index contributed by atoms with van der Waals surface area (Å²) in [6.07, 6.45) is 6.95. The van der Waals surface area contributed by atoms with E-state index in [0.717, 1.165) is 25.3 Å². The van der Waals surface area contributed by atoms with Crippen LogP contribution in [0.15, 0.2) is 0 Å². The van der Waals surface area contributed by atoms with Crippen LogP contribution in [-0.4, -0.2) is 43.0 Å². The predicted molar refractivity (Wildman–Crippen MR) is 69.2 cm³/mol. The van der Waals surface area contributed by atoms with Crippen LogP contribution in [0.1, 0.15) is 38.5 Å². The molecule has 0 aromatic rings. The van der Waals surface area contributed by atoms with Crippen molar-refractivity contribution in [1.29, 1.82) is 0 Å². The molecule has 2 aliphatic rings. The Bertz CT molecular complexity index is 309. The van der Waals surface area contributed by atoms with Crippen molar-refractivity contribution in [2.75, 3.05) is 20.1 Å². The number of rotatable bonds is 5. The Morgan fingerprint density at radius 2 is 1.83 bits per heavy atom. The van der Waals surface area contributed by atoms with Crippen molar-refractivity contribution in [3.63, 3.8) is 0 Å². The van der Waals surface area contributed by atoms with E-state index in [1.165, 1.54) is 25.7 Å². The van der Waals surface area contributed by atoms with Crippen LogP contribution in [0.4, 0.5) is 4.79 Å². The number of likely N-dealkylation sites (N-methyl/N-ethyl adjacent to an activating group) is 1. The molecule has 2 aliphatic carbocycles. The van der Waals surface area contributed by atoms with Crippen molar-refractivity contribution in [3.8, 4) is 0 Å². The van der Waals surface area contributed by atoms with Crippen LogP contribution in [0.5, 0.6) is 0 Å². The van der Waals surface area contributed by atoms with Crippen LogP contribution in [0.25, 0.3) is 0 Å². The van der Waals surface area contributed by atoms with E-state index in [2.05, 4.69) is 10.6 Å². The second-order valence-corrected chi connectivity index (χ2v) is 5.64. The number of hydrogen-bond acceptors (Lipinski definition) is 3. The topological polar surface area (TPSA) is 61.4 Å². The molecule has 0 aliphatic heterocycles. The third-order valence-electron chi connectivity index (χ3n) is 3.62. The molecular weight excluding hydrogens is 230 g/mol. The van der Waals surface area contributed by atoms with E-state index in [0.29, 0.717) is 6.54 Å². The summed E-state index contributed by atoms with van der Waals surface area (Å²) in [5, 5.41) is 5.25. The molecule has 0 aromatic carbocycles. The molecule has 0 bridgehead atoms. The number of carbonyl (C=O) groups excluding carboxylic acids is 2. The van der Waals surface area contributed by atoms with Crippen LogP contribution in [-0.2, 0) is 4.79 Å². The predicted octanol–water partition coefficient (Wildman–Crippen LogP) is 1.10. The molecule has 2 fully saturated rings. The minimum Gasteiger partial charge on any atom is -0.335 e. The first kappa shape index (κ1) is 13.3. The molecule has 2 rings (SSSR count). The molecule has 0 unspecified atom stereocenters. The lowest BCUT2D eigenvalue weighted by atomic mass is 10.2. The molecule has 5 heteroatoms. The number of hydrogen-bond donors (Lipinski definition) is 2. The van der Waals surface area contributed by atoms with E-state index in [9.17, 15) is 9.59 Å². The summed E-state index contributed by atoms with van der Waals surface area (Å²) in [7, 11) is 1.92. The lowest BCUT2D eigenvalue weighted by Gasteiger charge is -2.16. The number of amides is 3. The van der Waals surface area contributed by atoms with E-state index in [1.807, 2.05) is 11.9 Å². The maximum Gasteiger partial charge on any atom is 0.321 e. The molecule has 0 atom stereocenters. The van der Waals surface area contributed by atoms with Gasteiger partial charge in [0, 0.05) is 12.6 Å². The quantitative estimate of drug-likeness (QED) is 0.771. The first-order valence-electron chi connectivity index (χ1n) is 6.92. The maximum absolute atomic E-state index is 11.6. The first-order valence-corrected chi connectivity index (χ1v) is 6.92. The lowest BCUT2D eigenvalue weighted by molar-refractivity contribution is -0.120. The third kappa shape index (κ3) is 4.64. The first-order chi connectivity index (χ1) is 8.63. The fraction of sp³-hybridized carbons (Fsp3) is 0.846. The molecular formula is C13H23N3O2. The SMILES string of the molecule is CN(CC(=O)NC(=O)NC1CCCC1)CC1CC1. The molecule has 0 aromatic heterocycles. The van der Waals surface area contributed by atoms with E-state index >= 15 is 0 Å². The van der Waals surface area contributed by atoms with Crippen molar-refractivity contribution in [1.82, 2.24) is 15.5 Å². The second kappa shape index (κ2) is 6.18. The van der Waals surface area contributed by atoms with Gasteiger partial charge < -0.3 is 5.32 Å². The van der Waals surface area contributed by atoms with Crippen LogP contribution >= 0.6 is 0 Å². The van der Waals surface area contributed by atoms with Gasteiger partial charge in [-0.25, -0.2) is 4.79 Å². The number of nitrogens with zero attached hydrogens (tertiary/aromatic N) is 1. The zero-order chi connectivity index (χ0) is 13.0. The van der Waals surface area contributed by atoms with Crippen molar-refractivity contribution >= 4 is 11.9 Å². The van der Waals surface area contributed by atoms with E-state index < -0.39 is 0 Å². The van der Waals surface area contributed by atoms with Gasteiger partial charge in [0.25, 0.3) is 0 Å². The summed E-state index contributed by atoms with van der Waals surface area (Å²) in [6.45, 7) is 1.26. The normalized spacial score (nSPS) is 20.1. The zero-order valence-corrected chi connectivity index (χ0v) is 11.1. The molecule has 3 amide bonds. The largest absolute Gasteiger partial charge is 0.335 e. The van der Waals surface area contributed by atoms with E-state index in [4.69, 9.17) is 0 Å². The standard InChI is InChI=1S/C13H23N3O2/c1-16(8-10-6-7-10)9-12(17)15-13(18)14-11-4-2-3-5-11/h10-11H,2-9H2,1H3,(H2,14,15,17,18). The van der Waals surface area contributed by atoms with Gasteiger partial charge in [0.05, 0.1) is 6.54 Å². The summed E-state index contributed by atoms with van der Waals surface area (Å²) < 4.78 is 0. The Morgan fingerprint density at radius 1 is 1.17 bits per heavy atom. The summed E-state index contributed by atoms with van der Waals surface area (Å²) in [4.78, 5) is 25.2. The second-order valence-electron chi connectivity index (χ2n) is 5.64. The van der Waals surface area contributed by atoms with Gasteiger partial charge in [-0.15, -0.1) is 0 Å². The van der Waals surface area contributed by atoms with Crippen LogP contribution in [0.3, 0.4) is 0 Å². The monoisotopic (exact) mass is 253 g/mol. The average Bonchev–Trinajstić information content (AvgIpc) is 2.92. The molecule has 0 radical (unpaired) electrons.